The van der Waals surface area contributed by atoms with E-state index in [0.29, 0.717) is 11.3 Å². The standard InChI is InChI=1S/C18H15N3O/c1-21(2)15-6-4-14(5-7-15)17-9-10-18(22-17)16-8-3-13(11-19)12-20-16/h3-10,12H,1-2H3. The van der Waals surface area contributed by atoms with Crippen LogP contribution in [-0.2, 0) is 0 Å². The van der Waals surface area contributed by atoms with Gasteiger partial charge in [0.1, 0.15) is 17.5 Å². The van der Waals surface area contributed by atoms with Crippen molar-refractivity contribution in [3.05, 3.63) is 60.3 Å². The van der Waals surface area contributed by atoms with Gasteiger partial charge >= 0.3 is 0 Å². The molecule has 108 valence electrons. The molecule has 0 bridgehead atoms. The van der Waals surface area contributed by atoms with Gasteiger partial charge in [0.05, 0.1) is 5.56 Å². The number of benzene rings is 1. The van der Waals surface area contributed by atoms with Crippen molar-refractivity contribution in [1.29, 1.82) is 5.26 Å². The number of rotatable bonds is 3. The minimum atomic E-state index is 0.537. The number of aromatic nitrogens is 1. The highest BCUT2D eigenvalue weighted by Gasteiger charge is 2.08. The van der Waals surface area contributed by atoms with Crippen molar-refractivity contribution in [2.75, 3.05) is 19.0 Å². The Morgan fingerprint density at radius 1 is 0.955 bits per heavy atom. The van der Waals surface area contributed by atoms with Gasteiger partial charge < -0.3 is 9.32 Å². The summed E-state index contributed by atoms with van der Waals surface area (Å²) in [6, 6.07) is 17.6. The van der Waals surface area contributed by atoms with E-state index in [2.05, 4.69) is 28.1 Å². The third kappa shape index (κ3) is 2.70. The van der Waals surface area contributed by atoms with Gasteiger partial charge in [-0.3, -0.25) is 4.98 Å². The first-order valence-electron chi connectivity index (χ1n) is 6.91. The van der Waals surface area contributed by atoms with Crippen LogP contribution in [0.25, 0.3) is 22.8 Å². The predicted octanol–water partition coefficient (Wildman–Crippen LogP) is 3.95. The molecule has 0 aliphatic rings. The lowest BCUT2D eigenvalue weighted by Crippen LogP contribution is -2.07. The van der Waals surface area contributed by atoms with Gasteiger partial charge in [0.15, 0.2) is 5.76 Å². The van der Waals surface area contributed by atoms with E-state index in [1.165, 1.54) is 0 Å². The van der Waals surface area contributed by atoms with Crippen molar-refractivity contribution >= 4 is 5.69 Å². The Morgan fingerprint density at radius 3 is 2.27 bits per heavy atom. The van der Waals surface area contributed by atoms with Crippen LogP contribution in [0.15, 0.2) is 59.1 Å². The fourth-order valence-electron chi connectivity index (χ4n) is 2.16. The molecule has 0 spiro atoms. The van der Waals surface area contributed by atoms with Crippen LogP contribution in [0.4, 0.5) is 5.69 Å². The van der Waals surface area contributed by atoms with E-state index in [1.807, 2.05) is 38.4 Å². The van der Waals surface area contributed by atoms with E-state index in [0.717, 1.165) is 22.7 Å². The van der Waals surface area contributed by atoms with Crippen molar-refractivity contribution in [3.8, 4) is 28.8 Å². The number of anilines is 1. The number of nitriles is 1. The zero-order valence-electron chi connectivity index (χ0n) is 12.4. The van der Waals surface area contributed by atoms with Crippen LogP contribution in [0.1, 0.15) is 5.56 Å². The molecule has 0 aliphatic carbocycles. The van der Waals surface area contributed by atoms with Gasteiger partial charge in [-0.2, -0.15) is 5.26 Å². The molecular weight excluding hydrogens is 274 g/mol. The second-order valence-corrected chi connectivity index (χ2v) is 5.15. The van der Waals surface area contributed by atoms with Crippen molar-refractivity contribution in [2.45, 2.75) is 0 Å². The van der Waals surface area contributed by atoms with Gasteiger partial charge in [0.25, 0.3) is 0 Å². The molecule has 2 heterocycles. The molecule has 4 nitrogen and oxygen atoms in total. The maximum absolute atomic E-state index is 8.80. The van der Waals surface area contributed by atoms with Crippen molar-refractivity contribution in [2.24, 2.45) is 0 Å². The van der Waals surface area contributed by atoms with Gasteiger partial charge in [0.2, 0.25) is 0 Å². The summed E-state index contributed by atoms with van der Waals surface area (Å²) in [6.07, 6.45) is 1.55. The zero-order valence-corrected chi connectivity index (χ0v) is 12.4. The second-order valence-electron chi connectivity index (χ2n) is 5.15. The molecule has 0 radical (unpaired) electrons. The van der Waals surface area contributed by atoms with Crippen LogP contribution in [-0.4, -0.2) is 19.1 Å². The Labute approximate surface area is 129 Å². The van der Waals surface area contributed by atoms with Gasteiger partial charge in [-0.25, -0.2) is 0 Å². The maximum Gasteiger partial charge on any atom is 0.153 e. The molecule has 0 N–H and O–H groups in total. The average molecular weight is 289 g/mol. The first kappa shape index (κ1) is 13.9. The largest absolute Gasteiger partial charge is 0.454 e. The summed E-state index contributed by atoms with van der Waals surface area (Å²) in [7, 11) is 4.02. The highest BCUT2D eigenvalue weighted by atomic mass is 16.3. The smallest absolute Gasteiger partial charge is 0.153 e. The van der Waals surface area contributed by atoms with Crippen LogP contribution in [0.5, 0.6) is 0 Å². The van der Waals surface area contributed by atoms with Crippen LogP contribution < -0.4 is 4.90 Å². The van der Waals surface area contributed by atoms with Gasteiger partial charge in [-0.15, -0.1) is 0 Å². The van der Waals surface area contributed by atoms with E-state index in [4.69, 9.17) is 9.68 Å². The Kier molecular flexibility index (Phi) is 3.63. The van der Waals surface area contributed by atoms with Crippen LogP contribution >= 0.6 is 0 Å². The Balaban J connectivity index is 1.88. The SMILES string of the molecule is CN(C)c1ccc(-c2ccc(-c3ccc(C#N)cn3)o2)cc1. The monoisotopic (exact) mass is 289 g/mol. The lowest BCUT2D eigenvalue weighted by molar-refractivity contribution is 0.595. The molecule has 4 heteroatoms. The summed E-state index contributed by atoms with van der Waals surface area (Å²) in [4.78, 5) is 6.29. The summed E-state index contributed by atoms with van der Waals surface area (Å²) in [6.45, 7) is 0. The second kappa shape index (κ2) is 5.74. The molecule has 3 rings (SSSR count). The van der Waals surface area contributed by atoms with Crippen molar-refractivity contribution in [3.63, 3.8) is 0 Å². The quantitative estimate of drug-likeness (QED) is 0.732. The molecule has 22 heavy (non-hydrogen) atoms. The fraction of sp³-hybridized carbons (Fsp3) is 0.111. The molecule has 2 aromatic heterocycles. The van der Waals surface area contributed by atoms with E-state index in [-0.39, 0.29) is 0 Å². The Bertz CT molecular complexity index is 809. The molecule has 0 saturated heterocycles. The van der Waals surface area contributed by atoms with E-state index >= 15 is 0 Å². The van der Waals surface area contributed by atoms with Gasteiger partial charge in [0, 0.05) is 31.5 Å². The lowest BCUT2D eigenvalue weighted by atomic mass is 10.1. The highest BCUT2D eigenvalue weighted by molar-refractivity contribution is 5.65. The normalized spacial score (nSPS) is 10.2. The lowest BCUT2D eigenvalue weighted by Gasteiger charge is -2.12. The molecule has 0 atom stereocenters. The summed E-state index contributed by atoms with van der Waals surface area (Å²) < 4.78 is 5.87. The van der Waals surface area contributed by atoms with E-state index in [9.17, 15) is 0 Å². The summed E-state index contributed by atoms with van der Waals surface area (Å²) in [5, 5.41) is 8.80. The van der Waals surface area contributed by atoms with Crippen LogP contribution in [0.2, 0.25) is 0 Å². The van der Waals surface area contributed by atoms with Crippen LogP contribution in [0.3, 0.4) is 0 Å². The molecule has 3 aromatic rings. The number of nitrogens with zero attached hydrogens (tertiary/aromatic N) is 3. The van der Waals surface area contributed by atoms with Crippen LogP contribution in [0, 0.1) is 11.3 Å². The summed E-state index contributed by atoms with van der Waals surface area (Å²) in [5.41, 5.74) is 3.42. The van der Waals surface area contributed by atoms with E-state index < -0.39 is 0 Å². The Morgan fingerprint density at radius 2 is 1.68 bits per heavy atom. The van der Waals surface area contributed by atoms with Crippen molar-refractivity contribution in [1.82, 2.24) is 4.98 Å². The maximum atomic E-state index is 8.80. The minimum Gasteiger partial charge on any atom is -0.454 e. The average Bonchev–Trinajstić information content (AvgIpc) is 3.05. The van der Waals surface area contributed by atoms with E-state index in [1.54, 1.807) is 18.3 Å². The Hall–Kier alpha value is -3.06. The zero-order chi connectivity index (χ0) is 15.5. The predicted molar refractivity (Wildman–Crippen MR) is 86.4 cm³/mol. The number of hydrogen-bond donors (Lipinski definition) is 0. The minimum absolute atomic E-state index is 0.537. The summed E-state index contributed by atoms with van der Waals surface area (Å²) in [5.74, 6) is 1.49. The first-order chi connectivity index (χ1) is 10.7. The third-order valence-corrected chi connectivity index (χ3v) is 3.42. The van der Waals surface area contributed by atoms with Gasteiger partial charge in [-0.1, -0.05) is 0 Å². The first-order valence-corrected chi connectivity index (χ1v) is 6.91. The highest BCUT2D eigenvalue weighted by Crippen LogP contribution is 2.28. The third-order valence-electron chi connectivity index (χ3n) is 3.42. The van der Waals surface area contributed by atoms with Gasteiger partial charge in [-0.05, 0) is 48.5 Å². The molecule has 0 unspecified atom stereocenters. The molecule has 0 aliphatic heterocycles. The molecule has 0 saturated carbocycles. The fourth-order valence-corrected chi connectivity index (χ4v) is 2.16. The van der Waals surface area contributed by atoms with Crippen molar-refractivity contribution < 1.29 is 4.42 Å². The summed E-state index contributed by atoms with van der Waals surface area (Å²) >= 11 is 0. The molecular formula is C18H15N3O. The molecule has 0 fully saturated rings. The molecule has 0 amide bonds. The topological polar surface area (TPSA) is 53.1 Å². The number of pyridine rings is 1. The number of furan rings is 1. The molecule has 1 aromatic carbocycles. The number of hydrogen-bond acceptors (Lipinski definition) is 4.